The van der Waals surface area contributed by atoms with Crippen LogP contribution in [-0.2, 0) is 9.84 Å². The van der Waals surface area contributed by atoms with E-state index in [2.05, 4.69) is 5.32 Å². The van der Waals surface area contributed by atoms with Crippen LogP contribution in [-0.4, -0.2) is 44.2 Å². The van der Waals surface area contributed by atoms with Crippen molar-refractivity contribution in [2.24, 2.45) is 5.92 Å². The molecule has 1 aromatic carbocycles. The zero-order valence-electron chi connectivity index (χ0n) is 14.0. The molecule has 1 N–H and O–H groups in total. The second kappa shape index (κ2) is 7.55. The molecule has 24 heavy (non-hydrogen) atoms. The molecule has 0 spiro atoms. The lowest BCUT2D eigenvalue weighted by atomic mass is 9.99. The van der Waals surface area contributed by atoms with Gasteiger partial charge in [-0.05, 0) is 43.7 Å². The smallest absolute Gasteiger partial charge is 0.317 e. The fraction of sp³-hybridized carbons (Fsp3) is 0.611. The molecule has 6 heteroatoms. The van der Waals surface area contributed by atoms with Crippen molar-refractivity contribution in [3.8, 4) is 0 Å². The van der Waals surface area contributed by atoms with Crippen molar-refractivity contribution in [3.05, 3.63) is 30.3 Å². The molecule has 0 aromatic heterocycles. The highest BCUT2D eigenvalue weighted by atomic mass is 32.2. The van der Waals surface area contributed by atoms with Crippen molar-refractivity contribution in [1.82, 2.24) is 10.2 Å². The molecular formula is C18H26N2O3S. The SMILES string of the molecule is O=C(NC1CCCC1)N1CCC(CS(=O)(=O)c2ccccc2)CC1. The molecule has 0 atom stereocenters. The Bertz CT molecular complexity index is 646. The number of nitrogens with one attached hydrogen (secondary N) is 1. The van der Waals surface area contributed by atoms with E-state index in [1.807, 2.05) is 11.0 Å². The van der Waals surface area contributed by atoms with Crippen LogP contribution in [0.2, 0.25) is 0 Å². The number of benzene rings is 1. The number of likely N-dealkylation sites (tertiary alicyclic amines) is 1. The number of urea groups is 1. The topological polar surface area (TPSA) is 66.5 Å². The Kier molecular flexibility index (Phi) is 5.43. The Labute approximate surface area is 144 Å². The van der Waals surface area contributed by atoms with Gasteiger partial charge < -0.3 is 10.2 Å². The maximum Gasteiger partial charge on any atom is 0.317 e. The third-order valence-corrected chi connectivity index (χ3v) is 7.04. The molecule has 2 amide bonds. The first kappa shape index (κ1) is 17.3. The molecule has 0 unspecified atom stereocenters. The fourth-order valence-electron chi connectivity index (χ4n) is 3.67. The standard InChI is InChI=1S/C18H26N2O3S/c21-18(19-16-6-4-5-7-16)20-12-10-15(11-13-20)14-24(22,23)17-8-2-1-3-9-17/h1-3,8-9,15-16H,4-7,10-14H2,(H,19,21). The summed E-state index contributed by atoms with van der Waals surface area (Å²) in [5.41, 5.74) is 0. The van der Waals surface area contributed by atoms with E-state index in [1.165, 1.54) is 12.8 Å². The molecule has 1 saturated carbocycles. The van der Waals surface area contributed by atoms with Gasteiger partial charge in [-0.1, -0.05) is 31.0 Å². The van der Waals surface area contributed by atoms with Crippen LogP contribution >= 0.6 is 0 Å². The second-order valence-corrected chi connectivity index (χ2v) is 8.99. The number of piperidine rings is 1. The Morgan fingerprint density at radius 3 is 2.29 bits per heavy atom. The molecule has 1 aliphatic carbocycles. The van der Waals surface area contributed by atoms with Gasteiger partial charge in [0.15, 0.2) is 9.84 Å². The van der Waals surface area contributed by atoms with Crippen LogP contribution in [0.4, 0.5) is 4.79 Å². The average molecular weight is 350 g/mol. The van der Waals surface area contributed by atoms with Gasteiger partial charge in [-0.2, -0.15) is 0 Å². The van der Waals surface area contributed by atoms with Gasteiger partial charge in [0.25, 0.3) is 0 Å². The second-order valence-electron chi connectivity index (χ2n) is 6.96. The Morgan fingerprint density at radius 1 is 1.04 bits per heavy atom. The summed E-state index contributed by atoms with van der Waals surface area (Å²) < 4.78 is 24.9. The quantitative estimate of drug-likeness (QED) is 0.908. The van der Waals surface area contributed by atoms with Gasteiger partial charge >= 0.3 is 6.03 Å². The maximum atomic E-state index is 12.5. The number of amides is 2. The van der Waals surface area contributed by atoms with Crippen LogP contribution in [0.1, 0.15) is 38.5 Å². The van der Waals surface area contributed by atoms with Crippen LogP contribution in [0.15, 0.2) is 35.2 Å². The normalized spacial score (nSPS) is 20.2. The third-order valence-electron chi connectivity index (χ3n) is 5.14. The number of sulfone groups is 1. The first-order valence-electron chi connectivity index (χ1n) is 8.88. The summed E-state index contributed by atoms with van der Waals surface area (Å²) in [5, 5.41) is 3.11. The van der Waals surface area contributed by atoms with Gasteiger partial charge in [0.1, 0.15) is 0 Å². The van der Waals surface area contributed by atoms with Gasteiger partial charge in [0.05, 0.1) is 10.6 Å². The van der Waals surface area contributed by atoms with E-state index in [1.54, 1.807) is 24.3 Å². The largest absolute Gasteiger partial charge is 0.335 e. The lowest BCUT2D eigenvalue weighted by molar-refractivity contribution is 0.171. The third kappa shape index (κ3) is 4.29. The van der Waals surface area contributed by atoms with Crippen LogP contribution in [0, 0.1) is 5.92 Å². The fourth-order valence-corrected chi connectivity index (χ4v) is 5.39. The van der Waals surface area contributed by atoms with Gasteiger partial charge in [0, 0.05) is 19.1 Å². The first-order chi connectivity index (χ1) is 11.5. The summed E-state index contributed by atoms with van der Waals surface area (Å²) >= 11 is 0. The van der Waals surface area contributed by atoms with E-state index in [0.29, 0.717) is 24.0 Å². The number of nitrogens with zero attached hydrogens (tertiary/aromatic N) is 1. The minimum Gasteiger partial charge on any atom is -0.335 e. The van der Waals surface area contributed by atoms with E-state index in [9.17, 15) is 13.2 Å². The van der Waals surface area contributed by atoms with Crippen molar-refractivity contribution >= 4 is 15.9 Å². The van der Waals surface area contributed by atoms with Crippen LogP contribution < -0.4 is 5.32 Å². The Balaban J connectivity index is 1.49. The van der Waals surface area contributed by atoms with E-state index >= 15 is 0 Å². The molecule has 1 aromatic rings. The summed E-state index contributed by atoms with van der Waals surface area (Å²) in [6, 6.07) is 8.98. The van der Waals surface area contributed by atoms with Crippen molar-refractivity contribution in [3.63, 3.8) is 0 Å². The van der Waals surface area contributed by atoms with E-state index in [4.69, 9.17) is 0 Å². The molecule has 1 heterocycles. The van der Waals surface area contributed by atoms with Crippen molar-refractivity contribution in [2.75, 3.05) is 18.8 Å². The van der Waals surface area contributed by atoms with E-state index in [0.717, 1.165) is 25.7 Å². The molecule has 5 nitrogen and oxygen atoms in total. The summed E-state index contributed by atoms with van der Waals surface area (Å²) in [7, 11) is -3.24. The molecular weight excluding hydrogens is 324 g/mol. The highest BCUT2D eigenvalue weighted by Gasteiger charge is 2.28. The van der Waals surface area contributed by atoms with Crippen LogP contribution in [0.25, 0.3) is 0 Å². The molecule has 1 aliphatic heterocycles. The van der Waals surface area contributed by atoms with Crippen LogP contribution in [0.5, 0.6) is 0 Å². The molecule has 3 rings (SSSR count). The molecule has 2 fully saturated rings. The van der Waals surface area contributed by atoms with Gasteiger partial charge in [0.2, 0.25) is 0 Å². The van der Waals surface area contributed by atoms with Gasteiger partial charge in [-0.15, -0.1) is 0 Å². The van der Waals surface area contributed by atoms with E-state index < -0.39 is 9.84 Å². The Hall–Kier alpha value is -1.56. The molecule has 132 valence electrons. The molecule has 0 radical (unpaired) electrons. The summed E-state index contributed by atoms with van der Waals surface area (Å²) in [4.78, 5) is 14.5. The Morgan fingerprint density at radius 2 is 1.67 bits per heavy atom. The number of hydrogen-bond donors (Lipinski definition) is 1. The average Bonchev–Trinajstić information content (AvgIpc) is 3.09. The summed E-state index contributed by atoms with van der Waals surface area (Å²) in [6.07, 6.45) is 6.07. The predicted molar refractivity (Wildman–Crippen MR) is 93.6 cm³/mol. The zero-order valence-corrected chi connectivity index (χ0v) is 14.8. The molecule has 0 bridgehead atoms. The first-order valence-corrected chi connectivity index (χ1v) is 10.5. The molecule has 1 saturated heterocycles. The van der Waals surface area contributed by atoms with Crippen molar-refractivity contribution in [1.29, 1.82) is 0 Å². The lowest BCUT2D eigenvalue weighted by Crippen LogP contribution is -2.47. The minimum atomic E-state index is -3.24. The zero-order chi connectivity index (χ0) is 17.0. The highest BCUT2D eigenvalue weighted by molar-refractivity contribution is 7.91. The highest BCUT2D eigenvalue weighted by Crippen LogP contribution is 2.23. The van der Waals surface area contributed by atoms with E-state index in [-0.39, 0.29) is 17.7 Å². The van der Waals surface area contributed by atoms with Crippen molar-refractivity contribution in [2.45, 2.75) is 49.5 Å². The minimum absolute atomic E-state index is 0.0197. The van der Waals surface area contributed by atoms with Gasteiger partial charge in [-0.25, -0.2) is 13.2 Å². The molecule has 2 aliphatic rings. The summed E-state index contributed by atoms with van der Waals surface area (Å²) in [5.74, 6) is 0.306. The number of carbonyl (C=O) groups excluding carboxylic acids is 1. The number of hydrogen-bond acceptors (Lipinski definition) is 3. The summed E-state index contributed by atoms with van der Waals surface area (Å²) in [6.45, 7) is 1.29. The van der Waals surface area contributed by atoms with Crippen LogP contribution in [0.3, 0.4) is 0 Å². The maximum absolute atomic E-state index is 12.5. The predicted octanol–water partition coefficient (Wildman–Crippen LogP) is 2.82. The monoisotopic (exact) mass is 350 g/mol. The lowest BCUT2D eigenvalue weighted by Gasteiger charge is -2.32. The number of carbonyl (C=O) groups is 1. The van der Waals surface area contributed by atoms with Gasteiger partial charge in [-0.3, -0.25) is 0 Å². The number of rotatable bonds is 4. The van der Waals surface area contributed by atoms with Crippen molar-refractivity contribution < 1.29 is 13.2 Å².